The molecule has 0 amide bonds. The third kappa shape index (κ3) is 7.01. The first-order valence-corrected chi connectivity index (χ1v) is 15.9. The van der Waals surface area contributed by atoms with Gasteiger partial charge in [0.15, 0.2) is 16.3 Å². The first kappa shape index (κ1) is 30.4. The summed E-state index contributed by atoms with van der Waals surface area (Å²) < 4.78 is 46.1. The van der Waals surface area contributed by atoms with Gasteiger partial charge < -0.3 is 18.8 Å². The minimum atomic E-state index is -3.53. The largest absolute Gasteiger partial charge is 0.494 e. The van der Waals surface area contributed by atoms with Gasteiger partial charge in [-0.25, -0.2) is 13.4 Å². The van der Waals surface area contributed by atoms with E-state index in [1.165, 1.54) is 4.31 Å². The zero-order valence-corrected chi connectivity index (χ0v) is 25.8. The van der Waals surface area contributed by atoms with Crippen LogP contribution in [0.3, 0.4) is 0 Å². The van der Waals surface area contributed by atoms with E-state index in [1.54, 1.807) is 37.7 Å². The topological polar surface area (TPSA) is 82.4 Å². The minimum Gasteiger partial charge on any atom is -0.494 e. The number of rotatable bonds is 13. The molecule has 0 aliphatic carbocycles. The van der Waals surface area contributed by atoms with Crippen molar-refractivity contribution in [1.82, 2.24) is 8.87 Å². The number of hydrogen-bond acceptors (Lipinski definition) is 7. The lowest BCUT2D eigenvalue weighted by molar-refractivity contribution is 0.340. The zero-order valence-electron chi connectivity index (χ0n) is 24.2. The minimum absolute atomic E-state index is 0.288. The van der Waals surface area contributed by atoms with E-state index in [0.717, 1.165) is 39.5 Å². The molecule has 0 N–H and O–H groups in total. The Morgan fingerprint density at radius 2 is 1.56 bits per heavy atom. The van der Waals surface area contributed by atoms with Crippen molar-refractivity contribution in [3.05, 3.63) is 82.5 Å². The van der Waals surface area contributed by atoms with Crippen LogP contribution in [0.15, 0.2) is 82.0 Å². The zero-order chi connectivity index (χ0) is 29.4. The summed E-state index contributed by atoms with van der Waals surface area (Å²) in [5.41, 5.74) is 3.80. The smallest absolute Gasteiger partial charge is 0.243 e. The molecular formula is C31H37N3O5S2. The first-order valence-electron chi connectivity index (χ1n) is 13.6. The van der Waals surface area contributed by atoms with Crippen molar-refractivity contribution < 1.29 is 22.6 Å². The van der Waals surface area contributed by atoms with Crippen molar-refractivity contribution >= 4 is 27.0 Å². The molecule has 0 unspecified atom stereocenters. The second-order valence-electron chi connectivity index (χ2n) is 9.15. The third-order valence-corrected chi connectivity index (χ3v) is 9.66. The van der Waals surface area contributed by atoms with E-state index in [9.17, 15) is 8.42 Å². The van der Waals surface area contributed by atoms with Gasteiger partial charge in [0.2, 0.25) is 10.0 Å². The summed E-state index contributed by atoms with van der Waals surface area (Å²) in [5, 5.41) is 2.07. The molecule has 0 bridgehead atoms. The Morgan fingerprint density at radius 1 is 0.878 bits per heavy atom. The van der Waals surface area contributed by atoms with Gasteiger partial charge >= 0.3 is 0 Å². The fourth-order valence-electron chi connectivity index (χ4n) is 4.55. The maximum Gasteiger partial charge on any atom is 0.243 e. The van der Waals surface area contributed by atoms with Gasteiger partial charge in [-0.3, -0.25) is 0 Å². The lowest BCUT2D eigenvalue weighted by atomic mass is 10.1. The van der Waals surface area contributed by atoms with Gasteiger partial charge in [0.1, 0.15) is 5.75 Å². The molecule has 8 nitrogen and oxygen atoms in total. The number of aromatic nitrogens is 1. The van der Waals surface area contributed by atoms with Crippen molar-refractivity contribution in [2.24, 2.45) is 4.99 Å². The van der Waals surface area contributed by atoms with Crippen LogP contribution >= 0.6 is 11.3 Å². The highest BCUT2D eigenvalue weighted by Crippen LogP contribution is 2.29. The summed E-state index contributed by atoms with van der Waals surface area (Å²) in [5.74, 6) is 2.18. The fourth-order valence-corrected chi connectivity index (χ4v) is 6.96. The van der Waals surface area contributed by atoms with Crippen molar-refractivity contribution in [2.45, 2.75) is 38.6 Å². The van der Waals surface area contributed by atoms with E-state index in [0.29, 0.717) is 37.7 Å². The quantitative estimate of drug-likeness (QED) is 0.186. The Kier molecular flexibility index (Phi) is 10.3. The van der Waals surface area contributed by atoms with Crippen LogP contribution in [0.4, 0.5) is 5.69 Å². The van der Waals surface area contributed by atoms with Crippen LogP contribution in [0.2, 0.25) is 0 Å². The summed E-state index contributed by atoms with van der Waals surface area (Å²) in [6, 6.07) is 20.7. The van der Waals surface area contributed by atoms with E-state index >= 15 is 0 Å². The average molecular weight is 596 g/mol. The van der Waals surface area contributed by atoms with Gasteiger partial charge in [-0.2, -0.15) is 4.31 Å². The molecule has 0 saturated heterocycles. The van der Waals surface area contributed by atoms with E-state index in [2.05, 4.69) is 9.95 Å². The number of methoxy groups -OCH3 is 2. The highest BCUT2D eigenvalue weighted by molar-refractivity contribution is 7.89. The number of ether oxygens (including phenoxy) is 3. The molecule has 0 spiro atoms. The normalized spacial score (nSPS) is 12.1. The third-order valence-electron chi connectivity index (χ3n) is 6.74. The predicted molar refractivity (Wildman–Crippen MR) is 164 cm³/mol. The van der Waals surface area contributed by atoms with Crippen molar-refractivity contribution in [3.63, 3.8) is 0 Å². The van der Waals surface area contributed by atoms with Crippen molar-refractivity contribution in [1.29, 1.82) is 0 Å². The number of benzene rings is 3. The van der Waals surface area contributed by atoms with Gasteiger partial charge in [-0.05, 0) is 73.0 Å². The molecule has 1 aromatic heterocycles. The van der Waals surface area contributed by atoms with Gasteiger partial charge in [-0.15, -0.1) is 11.3 Å². The number of aryl methyl sites for hydroxylation is 1. The molecule has 0 aliphatic heterocycles. The standard InChI is InChI=1S/C31H37N3O5S2/c1-6-33(7-2)41(35,36)27-16-10-24(11-17-27)28-22-40-31(32-25-12-14-26(15-13-25)39-8-3)34(28)20-19-23-9-18-29(37-4)30(21-23)38-5/h9-18,21-22H,6-8,19-20H2,1-5H3. The van der Waals surface area contributed by atoms with Crippen LogP contribution in [-0.2, 0) is 23.0 Å². The van der Waals surface area contributed by atoms with Crippen LogP contribution in [0.25, 0.3) is 11.3 Å². The summed E-state index contributed by atoms with van der Waals surface area (Å²) in [6.07, 6.45) is 0.731. The molecule has 4 rings (SSSR count). The van der Waals surface area contributed by atoms with Gasteiger partial charge in [0, 0.05) is 25.0 Å². The molecule has 0 fully saturated rings. The summed E-state index contributed by atoms with van der Waals surface area (Å²) in [4.78, 5) is 6.07. The summed E-state index contributed by atoms with van der Waals surface area (Å²) >= 11 is 1.54. The second-order valence-corrected chi connectivity index (χ2v) is 11.9. The monoisotopic (exact) mass is 595 g/mol. The maximum atomic E-state index is 13.0. The molecule has 0 aliphatic rings. The highest BCUT2D eigenvalue weighted by Gasteiger charge is 2.21. The number of hydrogen-bond donors (Lipinski definition) is 0. The van der Waals surface area contributed by atoms with E-state index in [1.807, 2.05) is 75.4 Å². The summed E-state index contributed by atoms with van der Waals surface area (Å²) in [6.45, 7) is 7.77. The Hall–Kier alpha value is -3.60. The molecule has 41 heavy (non-hydrogen) atoms. The average Bonchev–Trinajstić information content (AvgIpc) is 3.39. The Balaban J connectivity index is 1.72. The second kappa shape index (κ2) is 13.8. The first-order chi connectivity index (χ1) is 19.8. The Morgan fingerprint density at radius 3 is 2.17 bits per heavy atom. The van der Waals surface area contributed by atoms with E-state index in [-0.39, 0.29) is 4.90 Å². The number of sulfonamides is 1. The Labute approximate surface area is 246 Å². The van der Waals surface area contributed by atoms with Crippen molar-refractivity contribution in [2.75, 3.05) is 33.9 Å². The van der Waals surface area contributed by atoms with Gasteiger partial charge in [-0.1, -0.05) is 32.0 Å². The molecular weight excluding hydrogens is 558 g/mol. The summed E-state index contributed by atoms with van der Waals surface area (Å²) in [7, 11) is -0.280. The SMILES string of the molecule is CCOc1ccc(N=c2scc(-c3ccc(S(=O)(=O)N(CC)CC)cc3)n2CCc2ccc(OC)c(OC)c2)cc1. The maximum absolute atomic E-state index is 13.0. The molecule has 4 aromatic rings. The van der Waals surface area contributed by atoms with E-state index in [4.69, 9.17) is 19.2 Å². The molecule has 218 valence electrons. The Bertz CT molecular complexity index is 1600. The lowest BCUT2D eigenvalue weighted by Crippen LogP contribution is -2.30. The predicted octanol–water partition coefficient (Wildman–Crippen LogP) is 6.14. The van der Waals surface area contributed by atoms with Gasteiger partial charge in [0.25, 0.3) is 0 Å². The highest BCUT2D eigenvalue weighted by atomic mass is 32.2. The van der Waals surface area contributed by atoms with Crippen LogP contribution in [0, 0.1) is 0 Å². The van der Waals surface area contributed by atoms with Crippen LogP contribution in [-0.4, -0.2) is 51.2 Å². The molecule has 0 atom stereocenters. The lowest BCUT2D eigenvalue weighted by Gasteiger charge is -2.18. The molecule has 0 saturated carbocycles. The molecule has 1 heterocycles. The van der Waals surface area contributed by atoms with Crippen LogP contribution < -0.4 is 19.0 Å². The number of thiazole rings is 1. The van der Waals surface area contributed by atoms with Crippen molar-refractivity contribution in [3.8, 4) is 28.5 Å². The molecule has 10 heteroatoms. The van der Waals surface area contributed by atoms with Gasteiger partial charge in [0.05, 0.1) is 37.1 Å². The molecule has 3 aromatic carbocycles. The van der Waals surface area contributed by atoms with Crippen LogP contribution in [0.1, 0.15) is 26.3 Å². The molecule has 0 radical (unpaired) electrons. The van der Waals surface area contributed by atoms with E-state index < -0.39 is 10.0 Å². The fraction of sp³-hybridized carbons (Fsp3) is 0.323. The number of nitrogens with zero attached hydrogens (tertiary/aromatic N) is 3. The van der Waals surface area contributed by atoms with Crippen LogP contribution in [0.5, 0.6) is 17.2 Å².